The molecule has 0 aliphatic heterocycles. The highest BCUT2D eigenvalue weighted by Gasteiger charge is 2.26. The summed E-state index contributed by atoms with van der Waals surface area (Å²) in [6.45, 7) is 0.410. The van der Waals surface area contributed by atoms with Gasteiger partial charge in [0.05, 0.1) is 18.6 Å². The molecule has 1 aromatic carbocycles. The molecule has 1 aromatic rings. The Hall–Kier alpha value is -2.17. The Bertz CT molecular complexity index is 611. The lowest BCUT2D eigenvalue weighted by Crippen LogP contribution is -2.24. The highest BCUT2D eigenvalue weighted by atomic mass is 16.5. The molecule has 1 aliphatic rings. The number of carbonyl (C=O) groups is 3. The average Bonchev–Trinajstić information content (AvgIpc) is 2.62. The summed E-state index contributed by atoms with van der Waals surface area (Å²) in [5.74, 6) is -0.0210. The van der Waals surface area contributed by atoms with Gasteiger partial charge in [-0.1, -0.05) is 31.4 Å². The monoisotopic (exact) mass is 345 g/mol. The van der Waals surface area contributed by atoms with E-state index in [4.69, 9.17) is 4.74 Å². The van der Waals surface area contributed by atoms with Crippen molar-refractivity contribution in [3.8, 4) is 0 Å². The molecule has 1 unspecified atom stereocenters. The van der Waals surface area contributed by atoms with E-state index in [-0.39, 0.29) is 29.9 Å². The number of carbonyl (C=O) groups excluding carboxylic acids is 3. The Morgan fingerprint density at radius 2 is 1.92 bits per heavy atom. The minimum Gasteiger partial charge on any atom is -0.462 e. The first-order chi connectivity index (χ1) is 12.1. The number of para-hydroxylation sites is 1. The van der Waals surface area contributed by atoms with E-state index in [9.17, 15) is 14.4 Å². The van der Waals surface area contributed by atoms with Crippen molar-refractivity contribution in [2.24, 2.45) is 5.92 Å². The van der Waals surface area contributed by atoms with Crippen molar-refractivity contribution in [3.63, 3.8) is 0 Å². The van der Waals surface area contributed by atoms with Crippen LogP contribution in [-0.2, 0) is 14.3 Å². The molecule has 0 saturated heterocycles. The quantitative estimate of drug-likeness (QED) is 0.419. The Labute approximate surface area is 149 Å². The normalized spacial score (nSPS) is 17.4. The van der Waals surface area contributed by atoms with E-state index in [2.05, 4.69) is 5.32 Å². The second kappa shape index (κ2) is 9.97. The molecular weight excluding hydrogens is 318 g/mol. The summed E-state index contributed by atoms with van der Waals surface area (Å²) in [7, 11) is 1.78. The summed E-state index contributed by atoms with van der Waals surface area (Å²) in [4.78, 5) is 35.0. The third kappa shape index (κ3) is 6.00. The van der Waals surface area contributed by atoms with Gasteiger partial charge in [0.2, 0.25) is 0 Å². The fourth-order valence-electron chi connectivity index (χ4n) is 3.20. The van der Waals surface area contributed by atoms with Gasteiger partial charge in [0.25, 0.3) is 0 Å². The topological polar surface area (TPSA) is 72.5 Å². The average molecular weight is 345 g/mol. The van der Waals surface area contributed by atoms with Crippen molar-refractivity contribution < 1.29 is 19.1 Å². The molecule has 1 fully saturated rings. The van der Waals surface area contributed by atoms with E-state index >= 15 is 0 Å². The van der Waals surface area contributed by atoms with Gasteiger partial charge in [0.15, 0.2) is 0 Å². The zero-order chi connectivity index (χ0) is 18.1. The fraction of sp³-hybridized carbons (Fsp3) is 0.550. The molecule has 1 atom stereocenters. The van der Waals surface area contributed by atoms with Crippen molar-refractivity contribution in [1.29, 1.82) is 0 Å². The van der Waals surface area contributed by atoms with E-state index in [1.54, 1.807) is 13.1 Å². The fourth-order valence-corrected chi connectivity index (χ4v) is 3.20. The second-order valence-corrected chi connectivity index (χ2v) is 6.55. The molecule has 5 nitrogen and oxygen atoms in total. The number of ketones is 2. The van der Waals surface area contributed by atoms with Crippen molar-refractivity contribution >= 4 is 23.2 Å². The van der Waals surface area contributed by atoms with E-state index in [1.165, 1.54) is 0 Å². The van der Waals surface area contributed by atoms with Crippen LogP contribution in [0.4, 0.5) is 5.69 Å². The summed E-state index contributed by atoms with van der Waals surface area (Å²) in [6.07, 6.45) is 6.09. The molecule has 1 aliphatic carbocycles. The minimum atomic E-state index is -0.303. The largest absolute Gasteiger partial charge is 0.462 e. The van der Waals surface area contributed by atoms with Crippen molar-refractivity contribution in [2.45, 2.75) is 51.4 Å². The van der Waals surface area contributed by atoms with Gasteiger partial charge in [0, 0.05) is 25.1 Å². The van der Waals surface area contributed by atoms with Gasteiger partial charge in [0.1, 0.15) is 11.6 Å². The highest BCUT2D eigenvalue weighted by Crippen LogP contribution is 2.23. The number of Topliss-reactive ketones (excluding diaryl/α,β-unsaturated/α-hetero) is 2. The lowest BCUT2D eigenvalue weighted by molar-refractivity contribution is -0.132. The van der Waals surface area contributed by atoms with Crippen LogP contribution in [0.25, 0.3) is 0 Å². The number of hydrogen-bond acceptors (Lipinski definition) is 5. The van der Waals surface area contributed by atoms with Crippen LogP contribution < -0.4 is 5.32 Å². The Balaban J connectivity index is 1.57. The molecule has 0 amide bonds. The molecule has 5 heteroatoms. The Morgan fingerprint density at radius 3 is 2.68 bits per heavy atom. The summed E-state index contributed by atoms with van der Waals surface area (Å²) < 4.78 is 5.33. The van der Waals surface area contributed by atoms with Gasteiger partial charge in [-0.3, -0.25) is 9.59 Å². The van der Waals surface area contributed by atoms with Crippen molar-refractivity contribution in [2.75, 3.05) is 19.0 Å². The van der Waals surface area contributed by atoms with E-state index < -0.39 is 0 Å². The number of esters is 1. The first kappa shape index (κ1) is 19.2. The molecule has 0 bridgehead atoms. The zero-order valence-corrected chi connectivity index (χ0v) is 14.9. The van der Waals surface area contributed by atoms with Crippen molar-refractivity contribution in [1.82, 2.24) is 0 Å². The number of nitrogens with one attached hydrogen (secondary N) is 1. The van der Waals surface area contributed by atoms with Crippen LogP contribution in [0.3, 0.4) is 0 Å². The third-order valence-electron chi connectivity index (χ3n) is 4.69. The lowest BCUT2D eigenvalue weighted by atomic mass is 9.84. The lowest BCUT2D eigenvalue weighted by Gasteiger charge is -2.19. The van der Waals surface area contributed by atoms with Crippen LogP contribution in [0.2, 0.25) is 0 Å². The van der Waals surface area contributed by atoms with E-state index in [0.29, 0.717) is 18.6 Å². The first-order valence-corrected chi connectivity index (χ1v) is 9.10. The van der Waals surface area contributed by atoms with Crippen LogP contribution in [0.15, 0.2) is 24.3 Å². The van der Waals surface area contributed by atoms with Gasteiger partial charge < -0.3 is 10.1 Å². The van der Waals surface area contributed by atoms with Gasteiger partial charge in [-0.05, 0) is 31.4 Å². The summed E-state index contributed by atoms with van der Waals surface area (Å²) >= 11 is 0. The predicted octanol–water partition coefficient (Wildman–Crippen LogP) is 3.77. The van der Waals surface area contributed by atoms with Crippen LogP contribution in [-0.4, -0.2) is 31.2 Å². The van der Waals surface area contributed by atoms with Gasteiger partial charge in [-0.2, -0.15) is 0 Å². The van der Waals surface area contributed by atoms with Gasteiger partial charge >= 0.3 is 5.97 Å². The third-order valence-corrected chi connectivity index (χ3v) is 4.69. The molecular formula is C20H27NO4. The first-order valence-electron chi connectivity index (χ1n) is 9.10. The minimum absolute atomic E-state index is 0.0774. The SMILES string of the molecule is CNc1ccccc1C(=O)OCCCCCCC1CCC(=O)CC1=O. The maximum atomic E-state index is 12.1. The summed E-state index contributed by atoms with van der Waals surface area (Å²) in [6, 6.07) is 7.28. The van der Waals surface area contributed by atoms with Crippen LogP contribution in [0.1, 0.15) is 61.7 Å². The molecule has 0 radical (unpaired) electrons. The van der Waals surface area contributed by atoms with Crippen LogP contribution >= 0.6 is 0 Å². The molecule has 1 N–H and O–H groups in total. The number of anilines is 1. The Morgan fingerprint density at radius 1 is 1.16 bits per heavy atom. The van der Waals surface area contributed by atoms with Crippen LogP contribution in [0, 0.1) is 5.92 Å². The second-order valence-electron chi connectivity index (χ2n) is 6.55. The van der Waals surface area contributed by atoms with Gasteiger partial charge in [-0.15, -0.1) is 0 Å². The summed E-state index contributed by atoms with van der Waals surface area (Å²) in [5.41, 5.74) is 1.32. The highest BCUT2D eigenvalue weighted by molar-refractivity contribution is 6.02. The number of hydrogen-bond donors (Lipinski definition) is 1. The number of rotatable bonds is 9. The molecule has 25 heavy (non-hydrogen) atoms. The molecule has 0 heterocycles. The predicted molar refractivity (Wildman–Crippen MR) is 96.7 cm³/mol. The molecule has 0 aromatic heterocycles. The number of benzene rings is 1. The molecule has 1 saturated carbocycles. The van der Waals surface area contributed by atoms with Gasteiger partial charge in [-0.25, -0.2) is 4.79 Å². The molecule has 2 rings (SSSR count). The van der Waals surface area contributed by atoms with Crippen LogP contribution in [0.5, 0.6) is 0 Å². The smallest absolute Gasteiger partial charge is 0.340 e. The maximum Gasteiger partial charge on any atom is 0.340 e. The Kier molecular flexibility index (Phi) is 7.64. The standard InChI is InChI=1S/C20H27NO4/c1-21-18-10-6-5-9-17(18)20(24)25-13-7-3-2-4-8-15-11-12-16(22)14-19(15)23/h5-6,9-10,15,21H,2-4,7-8,11-14H2,1H3. The van der Waals surface area contributed by atoms with Crippen molar-refractivity contribution in [3.05, 3.63) is 29.8 Å². The van der Waals surface area contributed by atoms with E-state index in [0.717, 1.165) is 44.2 Å². The maximum absolute atomic E-state index is 12.1. The number of unbranched alkanes of at least 4 members (excludes halogenated alkanes) is 3. The molecule has 136 valence electrons. The summed E-state index contributed by atoms with van der Waals surface area (Å²) in [5, 5.41) is 2.98. The molecule has 0 spiro atoms. The zero-order valence-electron chi connectivity index (χ0n) is 14.9. The number of ether oxygens (including phenoxy) is 1. The van der Waals surface area contributed by atoms with E-state index in [1.807, 2.05) is 18.2 Å².